The fourth-order valence-electron chi connectivity index (χ4n) is 1.63. The van der Waals surface area contributed by atoms with Crippen LogP contribution in [-0.2, 0) is 11.4 Å². The number of carbonyl (C=O) groups excluding carboxylic acids is 1. The van der Waals surface area contributed by atoms with E-state index >= 15 is 0 Å². The van der Waals surface area contributed by atoms with Crippen LogP contribution in [0.2, 0.25) is 5.02 Å². The van der Waals surface area contributed by atoms with Crippen molar-refractivity contribution < 1.29 is 9.53 Å². The molecular weight excluding hydrogens is 274 g/mol. The molecule has 0 bridgehead atoms. The number of amides is 1. The second-order valence-corrected chi connectivity index (χ2v) is 4.78. The summed E-state index contributed by atoms with van der Waals surface area (Å²) in [5, 5.41) is 3.50. The molecule has 2 aromatic carbocycles. The van der Waals surface area contributed by atoms with Gasteiger partial charge in [0.25, 0.3) is 0 Å². The highest BCUT2D eigenvalue weighted by Crippen LogP contribution is 2.18. The summed E-state index contributed by atoms with van der Waals surface area (Å²) in [4.78, 5) is 11.3. The molecule has 2 rings (SSSR count). The van der Waals surface area contributed by atoms with Crippen LogP contribution in [0.4, 0.5) is 5.69 Å². The molecule has 0 unspecified atom stereocenters. The van der Waals surface area contributed by atoms with Crippen LogP contribution in [0, 0.1) is 0 Å². The van der Waals surface area contributed by atoms with Gasteiger partial charge in [-0.3, -0.25) is 4.79 Å². The Balaban J connectivity index is 1.90. The number of ether oxygens (including phenoxy) is 1. The number of rotatable bonds is 5. The maximum absolute atomic E-state index is 11.3. The molecule has 1 N–H and O–H groups in total. The fraction of sp³-hybridized carbons (Fsp3) is 0.188. The largest absolute Gasteiger partial charge is 0.489 e. The number of hydrogen-bond acceptors (Lipinski definition) is 2. The highest BCUT2D eigenvalue weighted by Gasteiger charge is 2.00. The molecule has 0 aliphatic heterocycles. The quantitative estimate of drug-likeness (QED) is 0.893. The van der Waals surface area contributed by atoms with E-state index in [-0.39, 0.29) is 5.91 Å². The zero-order valence-electron chi connectivity index (χ0n) is 11.2. The van der Waals surface area contributed by atoms with Crippen LogP contribution in [0.5, 0.6) is 5.75 Å². The molecule has 0 aromatic heterocycles. The van der Waals surface area contributed by atoms with Crippen LogP contribution >= 0.6 is 11.6 Å². The van der Waals surface area contributed by atoms with Crippen molar-refractivity contribution in [3.05, 3.63) is 59.1 Å². The van der Waals surface area contributed by atoms with Crippen LogP contribution in [0.1, 0.15) is 18.9 Å². The average molecular weight is 290 g/mol. The third kappa shape index (κ3) is 4.28. The lowest BCUT2D eigenvalue weighted by atomic mass is 10.2. The van der Waals surface area contributed by atoms with Gasteiger partial charge in [0.1, 0.15) is 12.4 Å². The molecule has 0 saturated heterocycles. The molecule has 20 heavy (non-hydrogen) atoms. The summed E-state index contributed by atoms with van der Waals surface area (Å²) in [6.45, 7) is 2.30. The number of nitrogens with one attached hydrogen (secondary N) is 1. The first-order valence-corrected chi connectivity index (χ1v) is 6.82. The Labute approximate surface area is 123 Å². The summed E-state index contributed by atoms with van der Waals surface area (Å²) in [6.07, 6.45) is 0.467. The normalized spacial score (nSPS) is 10.1. The first-order valence-electron chi connectivity index (χ1n) is 6.44. The Kier molecular flexibility index (Phi) is 5.02. The smallest absolute Gasteiger partial charge is 0.224 e. The van der Waals surface area contributed by atoms with E-state index in [0.29, 0.717) is 18.1 Å². The van der Waals surface area contributed by atoms with Crippen molar-refractivity contribution in [2.45, 2.75) is 20.0 Å². The lowest BCUT2D eigenvalue weighted by Gasteiger charge is -2.08. The summed E-state index contributed by atoms with van der Waals surface area (Å²) in [7, 11) is 0. The Hall–Kier alpha value is -2.00. The van der Waals surface area contributed by atoms with E-state index in [4.69, 9.17) is 16.3 Å². The van der Waals surface area contributed by atoms with Gasteiger partial charge in [0.05, 0.1) is 0 Å². The minimum Gasteiger partial charge on any atom is -0.489 e. The third-order valence-electron chi connectivity index (χ3n) is 2.78. The maximum Gasteiger partial charge on any atom is 0.224 e. The molecule has 0 radical (unpaired) electrons. The third-order valence-corrected chi connectivity index (χ3v) is 3.03. The summed E-state index contributed by atoms with van der Waals surface area (Å²) in [5.74, 6) is 0.759. The van der Waals surface area contributed by atoms with Crippen molar-refractivity contribution in [3.8, 4) is 5.75 Å². The molecule has 0 saturated carbocycles. The van der Waals surface area contributed by atoms with Crippen molar-refractivity contribution in [2.24, 2.45) is 0 Å². The van der Waals surface area contributed by atoms with Gasteiger partial charge in [-0.15, -0.1) is 0 Å². The number of carbonyl (C=O) groups is 1. The second-order valence-electron chi connectivity index (χ2n) is 4.34. The van der Waals surface area contributed by atoms with Gasteiger partial charge >= 0.3 is 0 Å². The minimum atomic E-state index is -0.000155. The summed E-state index contributed by atoms with van der Waals surface area (Å²) in [6, 6.07) is 14.8. The van der Waals surface area contributed by atoms with E-state index in [1.165, 1.54) is 0 Å². The molecule has 0 atom stereocenters. The van der Waals surface area contributed by atoms with Gasteiger partial charge < -0.3 is 10.1 Å². The Morgan fingerprint density at radius 3 is 2.35 bits per heavy atom. The molecule has 2 aromatic rings. The van der Waals surface area contributed by atoms with E-state index < -0.39 is 0 Å². The van der Waals surface area contributed by atoms with E-state index in [2.05, 4.69) is 5.32 Å². The van der Waals surface area contributed by atoms with Gasteiger partial charge in [0, 0.05) is 17.1 Å². The van der Waals surface area contributed by atoms with Gasteiger partial charge in [-0.2, -0.15) is 0 Å². The predicted molar refractivity (Wildman–Crippen MR) is 81.1 cm³/mol. The number of halogens is 1. The van der Waals surface area contributed by atoms with Gasteiger partial charge in [-0.05, 0) is 42.0 Å². The van der Waals surface area contributed by atoms with E-state index in [0.717, 1.165) is 17.0 Å². The molecule has 104 valence electrons. The van der Waals surface area contributed by atoms with Crippen molar-refractivity contribution in [2.75, 3.05) is 5.32 Å². The molecule has 3 nitrogen and oxygen atoms in total. The summed E-state index contributed by atoms with van der Waals surface area (Å²) in [5.41, 5.74) is 1.83. The summed E-state index contributed by atoms with van der Waals surface area (Å²) < 4.78 is 5.66. The van der Waals surface area contributed by atoms with Gasteiger partial charge in [-0.25, -0.2) is 0 Å². The van der Waals surface area contributed by atoms with Gasteiger partial charge in [-0.1, -0.05) is 30.7 Å². The highest BCUT2D eigenvalue weighted by molar-refractivity contribution is 6.30. The molecular formula is C16H16ClNO2. The maximum atomic E-state index is 11.3. The van der Waals surface area contributed by atoms with E-state index in [1.54, 1.807) is 0 Å². The van der Waals surface area contributed by atoms with Crippen molar-refractivity contribution in [1.29, 1.82) is 0 Å². The lowest BCUT2D eigenvalue weighted by Crippen LogP contribution is -2.09. The first kappa shape index (κ1) is 14.4. The monoisotopic (exact) mass is 289 g/mol. The number of anilines is 1. The Morgan fingerprint density at radius 1 is 1.10 bits per heavy atom. The molecule has 0 aliphatic carbocycles. The van der Waals surface area contributed by atoms with Crippen LogP contribution in [0.25, 0.3) is 0 Å². The molecule has 4 heteroatoms. The van der Waals surface area contributed by atoms with Crippen molar-refractivity contribution in [3.63, 3.8) is 0 Å². The SMILES string of the molecule is CCC(=O)Nc1ccc(OCc2ccc(Cl)cc2)cc1. The molecule has 0 fully saturated rings. The zero-order valence-corrected chi connectivity index (χ0v) is 12.0. The van der Waals surface area contributed by atoms with Gasteiger partial charge in [0.2, 0.25) is 5.91 Å². The standard InChI is InChI=1S/C16H16ClNO2/c1-2-16(19)18-14-7-9-15(10-8-14)20-11-12-3-5-13(17)6-4-12/h3-10H,2,11H2,1H3,(H,18,19). The average Bonchev–Trinajstić information content (AvgIpc) is 2.48. The van der Waals surface area contributed by atoms with Crippen LogP contribution in [0.15, 0.2) is 48.5 Å². The topological polar surface area (TPSA) is 38.3 Å². The van der Waals surface area contributed by atoms with Crippen molar-refractivity contribution in [1.82, 2.24) is 0 Å². The van der Waals surface area contributed by atoms with Crippen LogP contribution in [0.3, 0.4) is 0 Å². The molecule has 0 spiro atoms. The van der Waals surface area contributed by atoms with Crippen molar-refractivity contribution >= 4 is 23.2 Å². The number of benzene rings is 2. The van der Waals surface area contributed by atoms with E-state index in [9.17, 15) is 4.79 Å². The van der Waals surface area contributed by atoms with Crippen LogP contribution < -0.4 is 10.1 Å². The van der Waals surface area contributed by atoms with Crippen LogP contribution in [-0.4, -0.2) is 5.91 Å². The lowest BCUT2D eigenvalue weighted by molar-refractivity contribution is -0.115. The van der Waals surface area contributed by atoms with Gasteiger partial charge in [0.15, 0.2) is 0 Å². The fourth-order valence-corrected chi connectivity index (χ4v) is 1.76. The summed E-state index contributed by atoms with van der Waals surface area (Å²) >= 11 is 5.82. The number of hydrogen-bond donors (Lipinski definition) is 1. The minimum absolute atomic E-state index is 0.000155. The highest BCUT2D eigenvalue weighted by atomic mass is 35.5. The van der Waals surface area contributed by atoms with E-state index in [1.807, 2.05) is 55.5 Å². The molecule has 0 aliphatic rings. The zero-order chi connectivity index (χ0) is 14.4. The molecule has 0 heterocycles. The second kappa shape index (κ2) is 6.96. The Bertz CT molecular complexity index is 564. The first-order chi connectivity index (χ1) is 9.67. The Morgan fingerprint density at radius 2 is 1.75 bits per heavy atom. The molecule has 1 amide bonds. The predicted octanol–water partition coefficient (Wildman–Crippen LogP) is 4.27.